The van der Waals surface area contributed by atoms with Crippen molar-refractivity contribution < 1.29 is 0 Å². The molecule has 0 aliphatic carbocycles. The largest absolute Gasteiger partial charge is 0.356 e. The molecule has 0 radical (unpaired) electrons. The van der Waals surface area contributed by atoms with Crippen molar-refractivity contribution >= 4 is 35.5 Å². The molecule has 0 saturated carbocycles. The molecule has 1 atom stereocenters. The van der Waals surface area contributed by atoms with Crippen LogP contribution in [0.1, 0.15) is 30.1 Å². The number of hydrogen-bond acceptors (Lipinski definition) is 3. The number of nitrogens with zero attached hydrogens (tertiary/aromatic N) is 5. The highest BCUT2D eigenvalue weighted by Gasteiger charge is 2.23. The Labute approximate surface area is 184 Å². The molecule has 3 heterocycles. The van der Waals surface area contributed by atoms with Crippen LogP contribution in [0.4, 0.5) is 0 Å². The van der Waals surface area contributed by atoms with Crippen molar-refractivity contribution in [1.29, 1.82) is 0 Å². The maximum absolute atomic E-state index is 4.52. The Bertz CT molecular complexity index is 842. The normalized spacial score (nSPS) is 19.5. The minimum atomic E-state index is 0. The number of fused-ring (bicyclic) bond motifs is 1. The van der Waals surface area contributed by atoms with Crippen LogP contribution in [-0.4, -0.2) is 52.3 Å². The summed E-state index contributed by atoms with van der Waals surface area (Å²) in [6, 6.07) is 10.7. The van der Waals surface area contributed by atoms with Gasteiger partial charge in [-0.15, -0.1) is 34.2 Å². The highest BCUT2D eigenvalue weighted by Crippen LogP contribution is 2.22. The zero-order chi connectivity index (χ0) is 18.6. The summed E-state index contributed by atoms with van der Waals surface area (Å²) in [7, 11) is 1.88. The quantitative estimate of drug-likeness (QED) is 0.407. The first-order chi connectivity index (χ1) is 13.2. The highest BCUT2D eigenvalue weighted by atomic mass is 127. The van der Waals surface area contributed by atoms with Gasteiger partial charge in [0.2, 0.25) is 0 Å². The van der Waals surface area contributed by atoms with E-state index < -0.39 is 0 Å². The van der Waals surface area contributed by atoms with Crippen molar-refractivity contribution in [3.05, 3.63) is 53.6 Å². The lowest BCUT2D eigenvalue weighted by atomic mass is 9.99. The summed E-state index contributed by atoms with van der Waals surface area (Å²) in [6.07, 6.45) is 5.55. The van der Waals surface area contributed by atoms with E-state index in [9.17, 15) is 0 Å². The summed E-state index contributed by atoms with van der Waals surface area (Å²) >= 11 is 0. The van der Waals surface area contributed by atoms with Crippen molar-refractivity contribution in [2.45, 2.75) is 32.7 Å². The fraction of sp³-hybridized carbons (Fsp3) is 0.476. The second-order valence-electron chi connectivity index (χ2n) is 7.40. The average Bonchev–Trinajstić information content (AvgIpc) is 3.10. The number of rotatable bonds is 3. The van der Waals surface area contributed by atoms with Gasteiger partial charge in [0.05, 0.1) is 0 Å². The Balaban J connectivity index is 0.00000225. The van der Waals surface area contributed by atoms with E-state index in [1.165, 1.54) is 11.1 Å². The smallest absolute Gasteiger partial charge is 0.193 e. The van der Waals surface area contributed by atoms with E-state index >= 15 is 0 Å². The molecule has 0 fully saturated rings. The van der Waals surface area contributed by atoms with Crippen LogP contribution in [0, 0.1) is 12.8 Å². The van der Waals surface area contributed by atoms with Crippen LogP contribution < -0.4 is 5.32 Å². The van der Waals surface area contributed by atoms with Gasteiger partial charge in [0.1, 0.15) is 11.6 Å². The van der Waals surface area contributed by atoms with E-state index in [1.54, 1.807) is 0 Å². The van der Waals surface area contributed by atoms with Gasteiger partial charge in [-0.1, -0.05) is 36.4 Å². The molecule has 2 aliphatic rings. The fourth-order valence-electron chi connectivity index (χ4n) is 4.04. The van der Waals surface area contributed by atoms with Gasteiger partial charge in [0.15, 0.2) is 5.96 Å². The van der Waals surface area contributed by atoms with E-state index in [0.29, 0.717) is 5.92 Å². The lowest BCUT2D eigenvalue weighted by Gasteiger charge is -2.31. The maximum atomic E-state index is 4.52. The molecule has 1 N–H and O–H groups in total. The number of hydrogen-bond donors (Lipinski definition) is 1. The lowest BCUT2D eigenvalue weighted by Crippen LogP contribution is -2.45. The molecular weight excluding hydrogens is 463 g/mol. The van der Waals surface area contributed by atoms with E-state index in [2.05, 4.69) is 66.4 Å². The van der Waals surface area contributed by atoms with Crippen LogP contribution in [0.5, 0.6) is 0 Å². The van der Waals surface area contributed by atoms with Gasteiger partial charge in [0, 0.05) is 39.6 Å². The van der Waals surface area contributed by atoms with Crippen molar-refractivity contribution in [3.63, 3.8) is 0 Å². The number of guanidine groups is 1. The summed E-state index contributed by atoms with van der Waals surface area (Å²) in [4.78, 5) is 6.85. The predicted octanol–water partition coefficient (Wildman–Crippen LogP) is 3.13. The Morgan fingerprint density at radius 3 is 2.75 bits per heavy atom. The molecule has 0 spiro atoms. The summed E-state index contributed by atoms with van der Waals surface area (Å²) in [5, 5.41) is 12.1. The van der Waals surface area contributed by atoms with Gasteiger partial charge in [-0.25, -0.2) is 0 Å². The predicted molar refractivity (Wildman–Crippen MR) is 124 cm³/mol. The number of benzene rings is 1. The monoisotopic (exact) mass is 492 g/mol. The number of nitrogens with one attached hydrogen (secondary N) is 1. The Hall–Kier alpha value is -1.90. The maximum Gasteiger partial charge on any atom is 0.193 e. The van der Waals surface area contributed by atoms with Crippen LogP contribution >= 0.6 is 24.0 Å². The molecular formula is C21H29IN6. The van der Waals surface area contributed by atoms with E-state index in [1.807, 2.05) is 14.0 Å². The number of halogens is 1. The molecule has 0 amide bonds. The molecule has 1 aromatic carbocycles. The number of aryl methyl sites for hydroxylation is 2. The first-order valence-corrected chi connectivity index (χ1v) is 9.83. The van der Waals surface area contributed by atoms with Crippen LogP contribution in [0.2, 0.25) is 0 Å². The standard InChI is InChI=1S/C21H28N6.HI/c1-16-24-25-20-9-8-17(15-27(16)20)14-23-21(22-2)26-12-10-19(11-13-26)18-6-4-3-5-7-18;/h3-7,10,17H,8-9,11-15H2,1-2H3,(H,22,23);1H. The molecule has 4 rings (SSSR count). The second-order valence-corrected chi connectivity index (χ2v) is 7.40. The third-order valence-electron chi connectivity index (χ3n) is 5.64. The molecule has 2 aromatic rings. The molecule has 150 valence electrons. The number of aliphatic imine (C=N–C) groups is 1. The molecule has 0 bridgehead atoms. The second kappa shape index (κ2) is 9.54. The Morgan fingerprint density at radius 2 is 2.04 bits per heavy atom. The molecule has 0 saturated heterocycles. The van der Waals surface area contributed by atoms with Gasteiger partial charge in [-0.2, -0.15) is 0 Å². The fourth-order valence-corrected chi connectivity index (χ4v) is 4.04. The molecule has 6 nitrogen and oxygen atoms in total. The van der Waals surface area contributed by atoms with Crippen LogP contribution in [-0.2, 0) is 13.0 Å². The Kier molecular flexibility index (Phi) is 7.09. The summed E-state index contributed by atoms with van der Waals surface area (Å²) in [6.45, 7) is 5.88. The molecule has 28 heavy (non-hydrogen) atoms. The van der Waals surface area contributed by atoms with E-state index in [0.717, 1.165) is 63.0 Å². The van der Waals surface area contributed by atoms with Gasteiger partial charge in [-0.3, -0.25) is 4.99 Å². The average molecular weight is 492 g/mol. The summed E-state index contributed by atoms with van der Waals surface area (Å²) in [5.74, 6) is 3.74. The Morgan fingerprint density at radius 1 is 1.21 bits per heavy atom. The lowest BCUT2D eigenvalue weighted by molar-refractivity contribution is 0.350. The number of aromatic nitrogens is 3. The summed E-state index contributed by atoms with van der Waals surface area (Å²) in [5.41, 5.74) is 2.77. The highest BCUT2D eigenvalue weighted by molar-refractivity contribution is 14.0. The van der Waals surface area contributed by atoms with Crippen LogP contribution in [0.3, 0.4) is 0 Å². The van der Waals surface area contributed by atoms with Crippen molar-refractivity contribution in [2.24, 2.45) is 10.9 Å². The zero-order valence-electron chi connectivity index (χ0n) is 16.6. The van der Waals surface area contributed by atoms with Crippen LogP contribution in [0.15, 0.2) is 41.4 Å². The van der Waals surface area contributed by atoms with Crippen molar-refractivity contribution in [2.75, 3.05) is 26.7 Å². The SMILES string of the molecule is CN=C(NCC1CCc2nnc(C)n2C1)N1CC=C(c2ccccc2)CC1.I. The zero-order valence-corrected chi connectivity index (χ0v) is 19.0. The first kappa shape index (κ1) is 20.8. The third kappa shape index (κ3) is 4.56. The molecule has 1 unspecified atom stereocenters. The van der Waals surface area contributed by atoms with Crippen molar-refractivity contribution in [1.82, 2.24) is 25.0 Å². The molecule has 1 aromatic heterocycles. The topological polar surface area (TPSA) is 58.3 Å². The van der Waals surface area contributed by atoms with Gasteiger partial charge in [0.25, 0.3) is 0 Å². The van der Waals surface area contributed by atoms with Crippen LogP contribution in [0.25, 0.3) is 5.57 Å². The van der Waals surface area contributed by atoms with Gasteiger partial charge < -0.3 is 14.8 Å². The van der Waals surface area contributed by atoms with Gasteiger partial charge >= 0.3 is 0 Å². The minimum Gasteiger partial charge on any atom is -0.356 e. The third-order valence-corrected chi connectivity index (χ3v) is 5.64. The van der Waals surface area contributed by atoms with Crippen molar-refractivity contribution in [3.8, 4) is 0 Å². The van der Waals surface area contributed by atoms with Gasteiger partial charge in [-0.05, 0) is 36.8 Å². The first-order valence-electron chi connectivity index (χ1n) is 9.83. The summed E-state index contributed by atoms with van der Waals surface area (Å²) < 4.78 is 2.26. The van der Waals surface area contributed by atoms with E-state index in [-0.39, 0.29) is 24.0 Å². The van der Waals surface area contributed by atoms with E-state index in [4.69, 9.17) is 0 Å². The molecule has 2 aliphatic heterocycles. The molecule has 7 heteroatoms. The minimum absolute atomic E-state index is 0.